The van der Waals surface area contributed by atoms with E-state index < -0.39 is 10.0 Å². The van der Waals surface area contributed by atoms with E-state index in [2.05, 4.69) is 20.0 Å². The molecule has 2 heterocycles. The molecular formula is C24H27N5O6S. The summed E-state index contributed by atoms with van der Waals surface area (Å²) >= 11 is 0. The van der Waals surface area contributed by atoms with E-state index in [0.717, 1.165) is 16.7 Å². The largest absolute Gasteiger partial charge is 0.495 e. The summed E-state index contributed by atoms with van der Waals surface area (Å²) in [5.41, 5.74) is 3.04. The lowest BCUT2D eigenvalue weighted by molar-refractivity contribution is 0.305. The Balaban J connectivity index is 1.47. The summed E-state index contributed by atoms with van der Waals surface area (Å²) in [6.45, 7) is 3.83. The summed E-state index contributed by atoms with van der Waals surface area (Å²) < 4.78 is 51.3. The number of aryl methyl sites for hydroxylation is 2. The van der Waals surface area contributed by atoms with E-state index in [-0.39, 0.29) is 29.7 Å². The van der Waals surface area contributed by atoms with Crippen molar-refractivity contribution >= 4 is 15.7 Å². The number of methoxy groups -OCH3 is 3. The molecule has 0 saturated carbocycles. The van der Waals surface area contributed by atoms with Gasteiger partial charge in [-0.25, -0.2) is 13.1 Å². The van der Waals surface area contributed by atoms with Crippen LogP contribution in [-0.4, -0.2) is 62.7 Å². The zero-order valence-electron chi connectivity index (χ0n) is 20.6. The minimum Gasteiger partial charge on any atom is -0.495 e. The molecule has 2 aromatic heterocycles. The standard InChI is InChI=1S/C24H27N5O6S/c1-15-12-20(34-5)21(13-16(15)2)36(30,31)25-10-11-35-23-9-8-22-26-27-24(29(22)28-23)17-6-7-18(32-3)19(14-17)33-4/h6-9,12-14,25H,10-11H2,1-5H3. The number of fused-ring (bicyclic) bond motifs is 1. The molecule has 0 saturated heterocycles. The summed E-state index contributed by atoms with van der Waals surface area (Å²) in [7, 11) is 0.756. The second kappa shape index (κ2) is 10.4. The molecule has 0 aliphatic rings. The van der Waals surface area contributed by atoms with Crippen molar-refractivity contribution in [1.82, 2.24) is 24.5 Å². The van der Waals surface area contributed by atoms with Crippen molar-refractivity contribution in [2.45, 2.75) is 18.7 Å². The Hall–Kier alpha value is -3.90. The first kappa shape index (κ1) is 25.2. The number of nitrogens with zero attached hydrogens (tertiary/aromatic N) is 4. The second-order valence-electron chi connectivity index (χ2n) is 7.87. The molecule has 1 N–H and O–H groups in total. The normalized spacial score (nSPS) is 11.5. The van der Waals surface area contributed by atoms with Crippen LogP contribution < -0.4 is 23.7 Å². The number of hydrogen-bond donors (Lipinski definition) is 1. The molecule has 12 heteroatoms. The Morgan fingerprint density at radius 2 is 1.58 bits per heavy atom. The minimum absolute atomic E-state index is 0.0306. The van der Waals surface area contributed by atoms with Gasteiger partial charge in [0.15, 0.2) is 23.0 Å². The highest BCUT2D eigenvalue weighted by Gasteiger charge is 2.20. The van der Waals surface area contributed by atoms with Gasteiger partial charge >= 0.3 is 0 Å². The molecule has 4 rings (SSSR count). The topological polar surface area (TPSA) is 126 Å². The number of rotatable bonds is 10. The number of sulfonamides is 1. The average Bonchev–Trinajstić information content (AvgIpc) is 3.30. The van der Waals surface area contributed by atoms with Gasteiger partial charge in [0.1, 0.15) is 17.3 Å². The smallest absolute Gasteiger partial charge is 0.244 e. The molecule has 0 spiro atoms. The Morgan fingerprint density at radius 1 is 0.861 bits per heavy atom. The third kappa shape index (κ3) is 5.04. The Labute approximate surface area is 209 Å². The lowest BCUT2D eigenvalue weighted by atomic mass is 10.1. The number of benzene rings is 2. The van der Waals surface area contributed by atoms with Crippen LogP contribution in [0.15, 0.2) is 47.4 Å². The van der Waals surface area contributed by atoms with Crippen molar-refractivity contribution in [2.75, 3.05) is 34.5 Å². The SMILES string of the molecule is COc1ccc(-c2nnc3ccc(OCCNS(=O)(=O)c4cc(C)c(C)cc4OC)nn23)cc1OC. The maximum atomic E-state index is 12.8. The molecule has 0 aliphatic heterocycles. The van der Waals surface area contributed by atoms with Crippen LogP contribution in [0.1, 0.15) is 11.1 Å². The van der Waals surface area contributed by atoms with Crippen LogP contribution in [0.3, 0.4) is 0 Å². The van der Waals surface area contributed by atoms with E-state index in [9.17, 15) is 8.42 Å². The fourth-order valence-electron chi connectivity index (χ4n) is 3.55. The van der Waals surface area contributed by atoms with Crippen molar-refractivity contribution < 1.29 is 27.4 Å². The van der Waals surface area contributed by atoms with Gasteiger partial charge in [-0.2, -0.15) is 4.52 Å². The second-order valence-corrected chi connectivity index (χ2v) is 9.60. The molecule has 0 aliphatic carbocycles. The van der Waals surface area contributed by atoms with E-state index in [1.54, 1.807) is 55.1 Å². The number of hydrogen-bond acceptors (Lipinski definition) is 9. The summed E-state index contributed by atoms with van der Waals surface area (Å²) in [6.07, 6.45) is 0. The summed E-state index contributed by atoms with van der Waals surface area (Å²) in [4.78, 5) is 0.0803. The van der Waals surface area contributed by atoms with Gasteiger partial charge in [-0.1, -0.05) is 0 Å². The highest BCUT2D eigenvalue weighted by atomic mass is 32.2. The first-order chi connectivity index (χ1) is 17.3. The zero-order chi connectivity index (χ0) is 25.9. The molecule has 2 aromatic carbocycles. The molecule has 0 amide bonds. The van der Waals surface area contributed by atoms with E-state index in [0.29, 0.717) is 23.0 Å². The lowest BCUT2D eigenvalue weighted by Gasteiger charge is -2.13. The van der Waals surface area contributed by atoms with Gasteiger partial charge in [0, 0.05) is 18.2 Å². The summed E-state index contributed by atoms with van der Waals surface area (Å²) in [5.74, 6) is 2.19. The molecule has 0 bridgehead atoms. The molecule has 4 aromatic rings. The van der Waals surface area contributed by atoms with Crippen LogP contribution in [0.4, 0.5) is 0 Å². The molecule has 36 heavy (non-hydrogen) atoms. The van der Waals surface area contributed by atoms with Gasteiger partial charge < -0.3 is 18.9 Å². The van der Waals surface area contributed by atoms with Gasteiger partial charge in [0.25, 0.3) is 0 Å². The summed E-state index contributed by atoms with van der Waals surface area (Å²) in [5, 5.41) is 12.8. The minimum atomic E-state index is -3.80. The molecule has 0 atom stereocenters. The van der Waals surface area contributed by atoms with Crippen LogP contribution >= 0.6 is 0 Å². The average molecular weight is 514 g/mol. The maximum absolute atomic E-state index is 12.8. The van der Waals surface area contributed by atoms with Crippen molar-refractivity contribution in [2.24, 2.45) is 0 Å². The van der Waals surface area contributed by atoms with Crippen molar-refractivity contribution in [1.29, 1.82) is 0 Å². The van der Waals surface area contributed by atoms with Gasteiger partial charge in [0.05, 0.1) is 21.3 Å². The van der Waals surface area contributed by atoms with E-state index in [1.807, 2.05) is 19.9 Å². The van der Waals surface area contributed by atoms with Crippen LogP contribution in [0.2, 0.25) is 0 Å². The number of aromatic nitrogens is 4. The fourth-order valence-corrected chi connectivity index (χ4v) is 4.79. The fraction of sp³-hybridized carbons (Fsp3) is 0.292. The molecular weight excluding hydrogens is 486 g/mol. The van der Waals surface area contributed by atoms with E-state index in [4.69, 9.17) is 18.9 Å². The van der Waals surface area contributed by atoms with E-state index in [1.165, 1.54) is 7.11 Å². The van der Waals surface area contributed by atoms with Crippen LogP contribution in [-0.2, 0) is 10.0 Å². The molecule has 0 fully saturated rings. The molecule has 11 nitrogen and oxygen atoms in total. The number of ether oxygens (including phenoxy) is 4. The first-order valence-corrected chi connectivity index (χ1v) is 12.5. The highest BCUT2D eigenvalue weighted by molar-refractivity contribution is 7.89. The highest BCUT2D eigenvalue weighted by Crippen LogP contribution is 2.32. The monoisotopic (exact) mass is 513 g/mol. The summed E-state index contributed by atoms with van der Waals surface area (Å²) in [6, 6.07) is 12.0. The van der Waals surface area contributed by atoms with Crippen molar-refractivity contribution in [3.63, 3.8) is 0 Å². The van der Waals surface area contributed by atoms with Crippen molar-refractivity contribution in [3.05, 3.63) is 53.6 Å². The maximum Gasteiger partial charge on any atom is 0.244 e. The third-order valence-electron chi connectivity index (χ3n) is 5.59. The predicted octanol–water partition coefficient (Wildman–Crippen LogP) is 2.79. The van der Waals surface area contributed by atoms with E-state index >= 15 is 0 Å². The molecule has 190 valence electrons. The molecule has 0 radical (unpaired) electrons. The van der Waals surface area contributed by atoms with Gasteiger partial charge in [-0.3, -0.25) is 0 Å². The lowest BCUT2D eigenvalue weighted by Crippen LogP contribution is -2.29. The Morgan fingerprint density at radius 3 is 2.31 bits per heavy atom. The van der Waals surface area contributed by atoms with Gasteiger partial charge in [-0.05, 0) is 61.4 Å². The molecule has 0 unspecified atom stereocenters. The van der Waals surface area contributed by atoms with Gasteiger partial charge in [-0.15, -0.1) is 15.3 Å². The van der Waals surface area contributed by atoms with Gasteiger partial charge in [0.2, 0.25) is 15.9 Å². The Bertz CT molecular complexity index is 1500. The van der Waals surface area contributed by atoms with Crippen LogP contribution in [0.5, 0.6) is 23.1 Å². The number of nitrogens with one attached hydrogen (secondary N) is 1. The van der Waals surface area contributed by atoms with Crippen LogP contribution in [0, 0.1) is 13.8 Å². The quantitative estimate of drug-likeness (QED) is 0.319. The van der Waals surface area contributed by atoms with Crippen molar-refractivity contribution in [3.8, 4) is 34.5 Å². The zero-order valence-corrected chi connectivity index (χ0v) is 21.4. The third-order valence-corrected chi connectivity index (χ3v) is 7.08. The van der Waals surface area contributed by atoms with Crippen LogP contribution in [0.25, 0.3) is 17.0 Å². The predicted molar refractivity (Wildman–Crippen MR) is 132 cm³/mol. The first-order valence-electron chi connectivity index (χ1n) is 11.0. The Kier molecular flexibility index (Phi) is 7.27.